The molecule has 0 spiro atoms. The molecular weight excluding hydrogens is 234 g/mol. The van der Waals surface area contributed by atoms with Crippen molar-refractivity contribution >= 4 is 5.91 Å². The maximum Gasteiger partial charge on any atom is 0.222 e. The van der Waals surface area contributed by atoms with Gasteiger partial charge >= 0.3 is 0 Å². The molecule has 2 nitrogen and oxygen atoms in total. The smallest absolute Gasteiger partial charge is 0.222 e. The zero-order valence-corrected chi connectivity index (χ0v) is 12.3. The van der Waals surface area contributed by atoms with E-state index in [1.165, 1.54) is 31.2 Å². The van der Waals surface area contributed by atoms with E-state index in [9.17, 15) is 4.79 Å². The number of unbranched alkanes of at least 4 members (excludes halogenated alkanes) is 3. The number of carbonyl (C=O) groups excluding carboxylic acids is 1. The Labute approximate surface area is 117 Å². The quantitative estimate of drug-likeness (QED) is 0.670. The van der Waals surface area contributed by atoms with E-state index < -0.39 is 0 Å². The zero-order chi connectivity index (χ0) is 13.9. The lowest BCUT2D eigenvalue weighted by molar-refractivity contribution is -0.124. The fraction of sp³-hybridized carbons (Fsp3) is 0.588. The molecule has 1 aromatic carbocycles. The molecule has 0 saturated carbocycles. The van der Waals surface area contributed by atoms with E-state index >= 15 is 0 Å². The van der Waals surface area contributed by atoms with E-state index in [1.807, 2.05) is 25.1 Å². The zero-order valence-electron chi connectivity index (χ0n) is 12.3. The fourth-order valence-corrected chi connectivity index (χ4v) is 2.16. The molecule has 0 heterocycles. The highest BCUT2D eigenvalue weighted by atomic mass is 16.1. The maximum absolute atomic E-state index is 11.9. The summed E-state index contributed by atoms with van der Waals surface area (Å²) in [6.45, 7) is 4.98. The lowest BCUT2D eigenvalue weighted by atomic mass is 10.0. The van der Waals surface area contributed by atoms with Gasteiger partial charge in [-0.3, -0.25) is 4.79 Å². The Morgan fingerprint density at radius 2 is 1.89 bits per heavy atom. The average Bonchev–Trinajstić information content (AvgIpc) is 2.44. The van der Waals surface area contributed by atoms with Gasteiger partial charge in [-0.1, -0.05) is 69.9 Å². The van der Waals surface area contributed by atoms with Crippen molar-refractivity contribution in [1.82, 2.24) is 5.32 Å². The Balaban J connectivity index is 2.13. The van der Waals surface area contributed by atoms with Gasteiger partial charge in [-0.2, -0.15) is 0 Å². The van der Waals surface area contributed by atoms with Crippen molar-refractivity contribution in [3.63, 3.8) is 0 Å². The minimum atomic E-state index is 0.146. The number of nitrogens with one attached hydrogen (secondary N) is 1. The van der Waals surface area contributed by atoms with Crippen molar-refractivity contribution in [2.24, 2.45) is 5.92 Å². The first-order chi connectivity index (χ1) is 9.24. The largest absolute Gasteiger partial charge is 0.356 e. The Morgan fingerprint density at radius 1 is 1.16 bits per heavy atom. The van der Waals surface area contributed by atoms with Gasteiger partial charge in [0, 0.05) is 12.5 Å². The van der Waals surface area contributed by atoms with Gasteiger partial charge in [0.1, 0.15) is 0 Å². The lowest BCUT2D eigenvalue weighted by Gasteiger charge is -2.12. The Hall–Kier alpha value is -1.31. The lowest BCUT2D eigenvalue weighted by Crippen LogP contribution is -2.30. The van der Waals surface area contributed by atoms with Crippen LogP contribution in [0.15, 0.2) is 30.3 Å². The third kappa shape index (κ3) is 7.00. The SMILES string of the molecule is CCCCCC[C@H](C)C(=O)NCCc1ccccc1. The highest BCUT2D eigenvalue weighted by molar-refractivity contribution is 5.78. The summed E-state index contributed by atoms with van der Waals surface area (Å²) in [6, 6.07) is 10.3. The molecular formula is C17H27NO. The predicted molar refractivity (Wildman–Crippen MR) is 81.1 cm³/mol. The monoisotopic (exact) mass is 261 g/mol. The molecule has 0 bridgehead atoms. The fourth-order valence-electron chi connectivity index (χ4n) is 2.16. The van der Waals surface area contributed by atoms with Crippen molar-refractivity contribution in [3.8, 4) is 0 Å². The second-order valence-electron chi connectivity index (χ2n) is 5.28. The van der Waals surface area contributed by atoms with Crippen molar-refractivity contribution in [3.05, 3.63) is 35.9 Å². The summed E-state index contributed by atoms with van der Waals surface area (Å²) >= 11 is 0. The van der Waals surface area contributed by atoms with Crippen LogP contribution in [0, 0.1) is 5.92 Å². The van der Waals surface area contributed by atoms with Crippen molar-refractivity contribution in [2.45, 2.75) is 52.4 Å². The first-order valence-electron chi connectivity index (χ1n) is 7.55. The molecule has 0 aromatic heterocycles. The molecule has 106 valence electrons. The molecule has 1 N–H and O–H groups in total. The van der Waals surface area contributed by atoms with E-state index in [1.54, 1.807) is 0 Å². The van der Waals surface area contributed by atoms with E-state index in [-0.39, 0.29) is 11.8 Å². The topological polar surface area (TPSA) is 29.1 Å². The number of amides is 1. The molecule has 0 aliphatic rings. The Morgan fingerprint density at radius 3 is 2.58 bits per heavy atom. The highest BCUT2D eigenvalue weighted by Gasteiger charge is 2.11. The van der Waals surface area contributed by atoms with Gasteiger partial charge in [0.15, 0.2) is 0 Å². The molecule has 0 fully saturated rings. The molecule has 1 atom stereocenters. The normalized spacial score (nSPS) is 12.1. The summed E-state index contributed by atoms with van der Waals surface area (Å²) in [5.41, 5.74) is 1.28. The van der Waals surface area contributed by atoms with Gasteiger partial charge in [-0.05, 0) is 18.4 Å². The van der Waals surface area contributed by atoms with Crippen molar-refractivity contribution in [2.75, 3.05) is 6.54 Å². The van der Waals surface area contributed by atoms with Crippen LogP contribution in [0.3, 0.4) is 0 Å². The first kappa shape index (κ1) is 15.7. The minimum Gasteiger partial charge on any atom is -0.356 e. The summed E-state index contributed by atoms with van der Waals surface area (Å²) < 4.78 is 0. The molecule has 0 unspecified atom stereocenters. The van der Waals surface area contributed by atoms with Crippen LogP contribution >= 0.6 is 0 Å². The Bertz CT molecular complexity index is 348. The second kappa shape index (κ2) is 9.60. The van der Waals surface area contributed by atoms with Gasteiger partial charge in [0.05, 0.1) is 0 Å². The van der Waals surface area contributed by atoms with Crippen LogP contribution in [0.25, 0.3) is 0 Å². The minimum absolute atomic E-state index is 0.146. The van der Waals surface area contributed by atoms with E-state index in [0.29, 0.717) is 0 Å². The van der Waals surface area contributed by atoms with Crippen LogP contribution in [-0.2, 0) is 11.2 Å². The Kier molecular flexibility index (Phi) is 7.95. The van der Waals surface area contributed by atoms with Crippen molar-refractivity contribution in [1.29, 1.82) is 0 Å². The number of hydrogen-bond acceptors (Lipinski definition) is 1. The van der Waals surface area contributed by atoms with Crippen LogP contribution in [-0.4, -0.2) is 12.5 Å². The average molecular weight is 261 g/mol. The van der Waals surface area contributed by atoms with Gasteiger partial charge < -0.3 is 5.32 Å². The number of hydrogen-bond donors (Lipinski definition) is 1. The van der Waals surface area contributed by atoms with Crippen molar-refractivity contribution < 1.29 is 4.79 Å². The molecule has 19 heavy (non-hydrogen) atoms. The maximum atomic E-state index is 11.9. The number of benzene rings is 1. The summed E-state index contributed by atoms with van der Waals surface area (Å²) in [5, 5.41) is 3.03. The predicted octanol–water partition coefficient (Wildman–Crippen LogP) is 3.95. The molecule has 0 aliphatic carbocycles. The molecule has 1 rings (SSSR count). The first-order valence-corrected chi connectivity index (χ1v) is 7.55. The summed E-state index contributed by atoms with van der Waals surface area (Å²) in [6.07, 6.45) is 6.87. The highest BCUT2D eigenvalue weighted by Crippen LogP contribution is 2.10. The third-order valence-electron chi connectivity index (χ3n) is 3.49. The number of rotatable bonds is 9. The van der Waals surface area contributed by atoms with Crippen LogP contribution < -0.4 is 5.32 Å². The summed E-state index contributed by atoms with van der Waals surface area (Å²) in [4.78, 5) is 11.9. The molecule has 1 aromatic rings. The van der Waals surface area contributed by atoms with Crippen LogP contribution in [0.2, 0.25) is 0 Å². The van der Waals surface area contributed by atoms with Gasteiger partial charge in [0.25, 0.3) is 0 Å². The molecule has 0 aliphatic heterocycles. The summed E-state index contributed by atoms with van der Waals surface area (Å²) in [5.74, 6) is 0.347. The van der Waals surface area contributed by atoms with Gasteiger partial charge in [-0.15, -0.1) is 0 Å². The van der Waals surface area contributed by atoms with Crippen LogP contribution in [0.1, 0.15) is 51.5 Å². The van der Waals surface area contributed by atoms with E-state index in [0.717, 1.165) is 19.4 Å². The second-order valence-corrected chi connectivity index (χ2v) is 5.28. The molecule has 0 saturated heterocycles. The molecule has 1 amide bonds. The van der Waals surface area contributed by atoms with E-state index in [4.69, 9.17) is 0 Å². The van der Waals surface area contributed by atoms with Gasteiger partial charge in [-0.25, -0.2) is 0 Å². The van der Waals surface area contributed by atoms with Crippen LogP contribution in [0.5, 0.6) is 0 Å². The molecule has 0 radical (unpaired) electrons. The van der Waals surface area contributed by atoms with Crippen LogP contribution in [0.4, 0.5) is 0 Å². The third-order valence-corrected chi connectivity index (χ3v) is 3.49. The number of carbonyl (C=O) groups is 1. The standard InChI is InChI=1S/C17H27NO/c1-3-4-5-7-10-15(2)17(19)18-14-13-16-11-8-6-9-12-16/h6,8-9,11-12,15H,3-5,7,10,13-14H2,1-2H3,(H,18,19)/t15-/m0/s1. The van der Waals surface area contributed by atoms with Gasteiger partial charge in [0.2, 0.25) is 5.91 Å². The van der Waals surface area contributed by atoms with E-state index in [2.05, 4.69) is 24.4 Å². The summed E-state index contributed by atoms with van der Waals surface area (Å²) in [7, 11) is 0. The molecule has 2 heteroatoms.